The molecule has 0 saturated carbocycles. The summed E-state index contributed by atoms with van der Waals surface area (Å²) >= 11 is 0. The number of nitrogens with zero attached hydrogens (tertiary/aromatic N) is 3. The number of aromatic nitrogens is 3. The average Bonchev–Trinajstić information content (AvgIpc) is 2.83. The molecule has 0 atom stereocenters. The van der Waals surface area contributed by atoms with Gasteiger partial charge in [0, 0.05) is 12.1 Å². The molecule has 0 aliphatic carbocycles. The Morgan fingerprint density at radius 2 is 2.16 bits per heavy atom. The molecular weight excluding hydrogens is 246 g/mol. The maximum Gasteiger partial charge on any atom is 0.358 e. The first-order chi connectivity index (χ1) is 9.19. The zero-order valence-corrected chi connectivity index (χ0v) is 10.8. The molecule has 1 N–H and O–H groups in total. The van der Waals surface area contributed by atoms with E-state index >= 15 is 0 Å². The predicted octanol–water partition coefficient (Wildman–Crippen LogP) is 2.06. The Balaban J connectivity index is 2.64. The number of methoxy groups -OCH3 is 1. The summed E-state index contributed by atoms with van der Waals surface area (Å²) in [4.78, 5) is 11.3. The van der Waals surface area contributed by atoms with Crippen molar-refractivity contribution in [2.45, 2.75) is 19.9 Å². The van der Waals surface area contributed by atoms with Crippen molar-refractivity contribution in [3.05, 3.63) is 30.0 Å². The molecule has 19 heavy (non-hydrogen) atoms. The fraction of sp³-hybridized carbons (Fsp3) is 0.308. The molecule has 0 bridgehead atoms. The van der Waals surface area contributed by atoms with Crippen LogP contribution < -0.4 is 4.74 Å². The van der Waals surface area contributed by atoms with Gasteiger partial charge in [-0.05, 0) is 18.6 Å². The lowest BCUT2D eigenvalue weighted by atomic mass is 10.1. The van der Waals surface area contributed by atoms with Crippen molar-refractivity contribution in [3.63, 3.8) is 0 Å². The van der Waals surface area contributed by atoms with E-state index < -0.39 is 5.97 Å². The van der Waals surface area contributed by atoms with Crippen LogP contribution in [0.3, 0.4) is 0 Å². The molecule has 1 heterocycles. The van der Waals surface area contributed by atoms with E-state index in [1.165, 1.54) is 0 Å². The molecule has 1 aromatic carbocycles. The lowest BCUT2D eigenvalue weighted by molar-refractivity contribution is 0.0691. The van der Waals surface area contributed by atoms with Crippen LogP contribution in [0.4, 0.5) is 0 Å². The SMILES string of the molecule is CCCn1nnc(C(=O)O)c1-c1ccccc1OC. The van der Waals surface area contributed by atoms with Gasteiger partial charge in [-0.3, -0.25) is 0 Å². The van der Waals surface area contributed by atoms with Gasteiger partial charge >= 0.3 is 5.97 Å². The largest absolute Gasteiger partial charge is 0.496 e. The molecule has 2 aromatic rings. The lowest BCUT2D eigenvalue weighted by Gasteiger charge is -2.10. The highest BCUT2D eigenvalue weighted by atomic mass is 16.5. The maximum absolute atomic E-state index is 11.3. The minimum atomic E-state index is -1.09. The monoisotopic (exact) mass is 261 g/mol. The Bertz CT molecular complexity index is 593. The fourth-order valence-corrected chi connectivity index (χ4v) is 1.93. The number of benzene rings is 1. The van der Waals surface area contributed by atoms with Crippen molar-refractivity contribution in [2.75, 3.05) is 7.11 Å². The van der Waals surface area contributed by atoms with E-state index in [9.17, 15) is 9.90 Å². The van der Waals surface area contributed by atoms with Crippen molar-refractivity contribution in [1.29, 1.82) is 0 Å². The number of rotatable bonds is 5. The highest BCUT2D eigenvalue weighted by molar-refractivity contribution is 5.93. The molecule has 100 valence electrons. The molecule has 0 spiro atoms. The number of carboxylic acid groups (broad SMARTS) is 1. The van der Waals surface area contributed by atoms with Crippen molar-refractivity contribution in [1.82, 2.24) is 15.0 Å². The van der Waals surface area contributed by atoms with Crippen LogP contribution in [0.1, 0.15) is 23.8 Å². The standard InChI is InChI=1S/C13H15N3O3/c1-3-8-16-12(11(13(17)18)14-15-16)9-6-4-5-7-10(9)19-2/h4-7H,3,8H2,1-2H3,(H,17,18). The predicted molar refractivity (Wildman–Crippen MR) is 69.3 cm³/mol. The highest BCUT2D eigenvalue weighted by Gasteiger charge is 2.22. The van der Waals surface area contributed by atoms with Gasteiger partial charge in [-0.15, -0.1) is 5.10 Å². The topological polar surface area (TPSA) is 77.2 Å². The molecule has 0 aliphatic rings. The Labute approximate surface area is 110 Å². The lowest BCUT2D eigenvalue weighted by Crippen LogP contribution is -2.05. The number of carbonyl (C=O) groups is 1. The van der Waals surface area contributed by atoms with E-state index in [0.717, 1.165) is 6.42 Å². The summed E-state index contributed by atoms with van der Waals surface area (Å²) in [6.45, 7) is 2.60. The molecule has 0 unspecified atom stereocenters. The van der Waals surface area contributed by atoms with Gasteiger partial charge in [0.25, 0.3) is 0 Å². The molecule has 0 saturated heterocycles. The number of hydrogen-bond donors (Lipinski definition) is 1. The first kappa shape index (κ1) is 13.1. The molecule has 1 aromatic heterocycles. The fourth-order valence-electron chi connectivity index (χ4n) is 1.93. The highest BCUT2D eigenvalue weighted by Crippen LogP contribution is 2.31. The number of para-hydroxylation sites is 1. The second-order valence-corrected chi connectivity index (χ2v) is 4.02. The van der Waals surface area contributed by atoms with Crippen LogP contribution in [-0.4, -0.2) is 33.2 Å². The summed E-state index contributed by atoms with van der Waals surface area (Å²) in [6, 6.07) is 7.24. The number of aryl methyl sites for hydroxylation is 1. The van der Waals surface area contributed by atoms with Crippen molar-refractivity contribution < 1.29 is 14.6 Å². The minimum Gasteiger partial charge on any atom is -0.496 e. The summed E-state index contributed by atoms with van der Waals surface area (Å²) in [5.74, 6) is -0.493. The first-order valence-electron chi connectivity index (χ1n) is 5.99. The Morgan fingerprint density at radius 1 is 1.42 bits per heavy atom. The van der Waals surface area contributed by atoms with Gasteiger partial charge in [0.2, 0.25) is 0 Å². The Morgan fingerprint density at radius 3 is 2.79 bits per heavy atom. The third kappa shape index (κ3) is 2.42. The number of hydrogen-bond acceptors (Lipinski definition) is 4. The second kappa shape index (κ2) is 5.51. The van der Waals surface area contributed by atoms with Crippen LogP contribution in [-0.2, 0) is 6.54 Å². The molecule has 2 rings (SSSR count). The first-order valence-corrected chi connectivity index (χ1v) is 5.99. The van der Waals surface area contributed by atoms with Crippen LogP contribution in [0.15, 0.2) is 24.3 Å². The van der Waals surface area contributed by atoms with E-state index in [1.807, 2.05) is 19.1 Å². The zero-order chi connectivity index (χ0) is 13.8. The molecule has 0 radical (unpaired) electrons. The van der Waals surface area contributed by atoms with Gasteiger partial charge in [-0.2, -0.15) is 0 Å². The third-order valence-corrected chi connectivity index (χ3v) is 2.74. The van der Waals surface area contributed by atoms with Gasteiger partial charge < -0.3 is 9.84 Å². The van der Waals surface area contributed by atoms with E-state index in [0.29, 0.717) is 23.6 Å². The second-order valence-electron chi connectivity index (χ2n) is 4.02. The quantitative estimate of drug-likeness (QED) is 0.891. The van der Waals surface area contributed by atoms with E-state index in [1.54, 1.807) is 23.9 Å². The van der Waals surface area contributed by atoms with Crippen LogP contribution >= 0.6 is 0 Å². The minimum absolute atomic E-state index is 0.0575. The van der Waals surface area contributed by atoms with Crippen molar-refractivity contribution >= 4 is 5.97 Å². The van der Waals surface area contributed by atoms with Crippen LogP contribution in [0.2, 0.25) is 0 Å². The summed E-state index contributed by atoms with van der Waals surface area (Å²) in [5, 5.41) is 16.9. The zero-order valence-electron chi connectivity index (χ0n) is 10.8. The van der Waals surface area contributed by atoms with Crippen LogP contribution in [0.25, 0.3) is 11.3 Å². The average molecular weight is 261 g/mol. The summed E-state index contributed by atoms with van der Waals surface area (Å²) in [5.41, 5.74) is 1.10. The summed E-state index contributed by atoms with van der Waals surface area (Å²) in [7, 11) is 1.55. The normalized spacial score (nSPS) is 10.4. The molecule has 6 heteroatoms. The smallest absolute Gasteiger partial charge is 0.358 e. The van der Waals surface area contributed by atoms with Gasteiger partial charge in [0.05, 0.1) is 7.11 Å². The number of carboxylic acids is 1. The molecule has 0 fully saturated rings. The van der Waals surface area contributed by atoms with Gasteiger partial charge in [-0.25, -0.2) is 9.48 Å². The van der Waals surface area contributed by atoms with Crippen LogP contribution in [0.5, 0.6) is 5.75 Å². The van der Waals surface area contributed by atoms with E-state index in [4.69, 9.17) is 4.74 Å². The van der Waals surface area contributed by atoms with Gasteiger partial charge in [-0.1, -0.05) is 24.3 Å². The van der Waals surface area contributed by atoms with Gasteiger partial charge in [0.15, 0.2) is 5.69 Å². The van der Waals surface area contributed by atoms with Crippen molar-refractivity contribution in [3.8, 4) is 17.0 Å². The molecule has 0 aliphatic heterocycles. The summed E-state index contributed by atoms with van der Waals surface area (Å²) in [6.07, 6.45) is 0.838. The summed E-state index contributed by atoms with van der Waals surface area (Å²) < 4.78 is 6.87. The van der Waals surface area contributed by atoms with Crippen LogP contribution in [0, 0.1) is 0 Å². The van der Waals surface area contributed by atoms with Gasteiger partial charge in [0.1, 0.15) is 11.4 Å². The Kier molecular flexibility index (Phi) is 3.79. The van der Waals surface area contributed by atoms with Crippen molar-refractivity contribution in [2.24, 2.45) is 0 Å². The number of aromatic carboxylic acids is 1. The third-order valence-electron chi connectivity index (χ3n) is 2.74. The molecular formula is C13H15N3O3. The Hall–Kier alpha value is -2.37. The van der Waals surface area contributed by atoms with E-state index in [-0.39, 0.29) is 5.69 Å². The molecule has 6 nitrogen and oxygen atoms in total. The van der Waals surface area contributed by atoms with E-state index in [2.05, 4.69) is 10.3 Å². The number of ether oxygens (including phenoxy) is 1. The molecule has 0 amide bonds. The maximum atomic E-state index is 11.3.